The first-order valence-corrected chi connectivity index (χ1v) is 7.14. The SMILES string of the molecule is CCCCCCCCCN(CC)CCC(=O)O. The Morgan fingerprint density at radius 2 is 1.53 bits per heavy atom. The van der Waals surface area contributed by atoms with Crippen LogP contribution in [0.5, 0.6) is 0 Å². The van der Waals surface area contributed by atoms with Crippen molar-refractivity contribution in [2.45, 2.75) is 65.2 Å². The zero-order valence-corrected chi connectivity index (χ0v) is 11.6. The van der Waals surface area contributed by atoms with Crippen molar-refractivity contribution >= 4 is 5.97 Å². The van der Waals surface area contributed by atoms with Crippen molar-refractivity contribution in [3.05, 3.63) is 0 Å². The van der Waals surface area contributed by atoms with E-state index in [4.69, 9.17) is 5.11 Å². The van der Waals surface area contributed by atoms with E-state index in [0.29, 0.717) is 6.54 Å². The highest BCUT2D eigenvalue weighted by molar-refractivity contribution is 5.66. The van der Waals surface area contributed by atoms with Crippen molar-refractivity contribution in [3.63, 3.8) is 0 Å². The molecule has 0 spiro atoms. The molecular formula is C14H29NO2. The molecule has 0 saturated heterocycles. The molecule has 17 heavy (non-hydrogen) atoms. The normalized spacial score (nSPS) is 11.0. The van der Waals surface area contributed by atoms with Crippen molar-refractivity contribution < 1.29 is 9.90 Å². The van der Waals surface area contributed by atoms with Crippen LogP contribution < -0.4 is 0 Å². The van der Waals surface area contributed by atoms with E-state index in [9.17, 15) is 4.79 Å². The molecule has 0 aliphatic carbocycles. The van der Waals surface area contributed by atoms with Crippen LogP contribution in [0.25, 0.3) is 0 Å². The van der Waals surface area contributed by atoms with Gasteiger partial charge in [0.2, 0.25) is 0 Å². The molecule has 0 aromatic heterocycles. The third-order valence-corrected chi connectivity index (χ3v) is 3.17. The predicted molar refractivity (Wildman–Crippen MR) is 72.4 cm³/mol. The van der Waals surface area contributed by atoms with Gasteiger partial charge in [0.15, 0.2) is 0 Å². The fraction of sp³-hybridized carbons (Fsp3) is 0.929. The predicted octanol–water partition coefficient (Wildman–Crippen LogP) is 3.53. The van der Waals surface area contributed by atoms with Gasteiger partial charge in [-0.2, -0.15) is 0 Å². The second-order valence-electron chi connectivity index (χ2n) is 4.70. The fourth-order valence-corrected chi connectivity index (χ4v) is 1.97. The van der Waals surface area contributed by atoms with E-state index in [0.717, 1.165) is 13.1 Å². The van der Waals surface area contributed by atoms with Crippen LogP contribution in [0.1, 0.15) is 65.2 Å². The minimum absolute atomic E-state index is 0.268. The Morgan fingerprint density at radius 3 is 2.06 bits per heavy atom. The van der Waals surface area contributed by atoms with Gasteiger partial charge in [0.1, 0.15) is 0 Å². The lowest BCUT2D eigenvalue weighted by Gasteiger charge is -2.19. The summed E-state index contributed by atoms with van der Waals surface area (Å²) < 4.78 is 0. The summed E-state index contributed by atoms with van der Waals surface area (Å²) in [6.07, 6.45) is 9.48. The number of nitrogens with zero attached hydrogens (tertiary/aromatic N) is 1. The van der Waals surface area contributed by atoms with Crippen LogP contribution in [0.3, 0.4) is 0 Å². The van der Waals surface area contributed by atoms with Gasteiger partial charge in [-0.05, 0) is 19.5 Å². The summed E-state index contributed by atoms with van der Waals surface area (Å²) in [5.74, 6) is -0.692. The van der Waals surface area contributed by atoms with Crippen LogP contribution in [0, 0.1) is 0 Å². The van der Waals surface area contributed by atoms with Crippen LogP contribution in [0.4, 0.5) is 0 Å². The number of hydrogen-bond donors (Lipinski definition) is 1. The number of carboxylic acid groups (broad SMARTS) is 1. The zero-order chi connectivity index (χ0) is 12.9. The molecule has 3 heteroatoms. The lowest BCUT2D eigenvalue weighted by molar-refractivity contribution is -0.137. The number of hydrogen-bond acceptors (Lipinski definition) is 2. The van der Waals surface area contributed by atoms with Gasteiger partial charge in [-0.25, -0.2) is 0 Å². The van der Waals surface area contributed by atoms with Gasteiger partial charge in [0.05, 0.1) is 6.42 Å². The molecule has 0 aliphatic rings. The highest BCUT2D eigenvalue weighted by atomic mass is 16.4. The van der Waals surface area contributed by atoms with Gasteiger partial charge >= 0.3 is 5.97 Å². The maximum absolute atomic E-state index is 10.5. The lowest BCUT2D eigenvalue weighted by atomic mass is 10.1. The molecule has 3 nitrogen and oxygen atoms in total. The summed E-state index contributed by atoms with van der Waals surface area (Å²) in [6.45, 7) is 7.05. The molecular weight excluding hydrogens is 214 g/mol. The largest absolute Gasteiger partial charge is 0.481 e. The Balaban J connectivity index is 3.34. The quantitative estimate of drug-likeness (QED) is 0.533. The first-order valence-electron chi connectivity index (χ1n) is 7.14. The molecule has 0 bridgehead atoms. The minimum atomic E-state index is -0.692. The fourth-order valence-electron chi connectivity index (χ4n) is 1.97. The molecule has 0 unspecified atom stereocenters. The number of rotatable bonds is 12. The summed E-state index contributed by atoms with van der Waals surface area (Å²) in [5.41, 5.74) is 0. The van der Waals surface area contributed by atoms with E-state index in [1.54, 1.807) is 0 Å². The summed E-state index contributed by atoms with van der Waals surface area (Å²) >= 11 is 0. The average Bonchev–Trinajstić information content (AvgIpc) is 2.31. The van der Waals surface area contributed by atoms with E-state index in [-0.39, 0.29) is 6.42 Å². The molecule has 0 fully saturated rings. The average molecular weight is 243 g/mol. The maximum Gasteiger partial charge on any atom is 0.304 e. The first kappa shape index (κ1) is 16.4. The van der Waals surface area contributed by atoms with Crippen LogP contribution in [0.2, 0.25) is 0 Å². The Bertz CT molecular complexity index is 183. The Hall–Kier alpha value is -0.570. The molecule has 0 atom stereocenters. The second kappa shape index (κ2) is 11.9. The third kappa shape index (κ3) is 11.7. The first-order chi connectivity index (χ1) is 8.20. The van der Waals surface area contributed by atoms with Crippen molar-refractivity contribution in [2.75, 3.05) is 19.6 Å². The number of aliphatic carboxylic acids is 1. The standard InChI is InChI=1S/C14H29NO2/c1-3-5-6-7-8-9-10-12-15(4-2)13-11-14(16)17/h3-13H2,1-2H3,(H,16,17). The molecule has 0 aromatic carbocycles. The second-order valence-corrected chi connectivity index (χ2v) is 4.70. The molecule has 0 rings (SSSR count). The van der Waals surface area contributed by atoms with Gasteiger partial charge in [-0.1, -0.05) is 52.4 Å². The topological polar surface area (TPSA) is 40.5 Å². The van der Waals surface area contributed by atoms with Gasteiger partial charge in [0.25, 0.3) is 0 Å². The van der Waals surface area contributed by atoms with Crippen LogP contribution in [-0.4, -0.2) is 35.6 Å². The Morgan fingerprint density at radius 1 is 0.941 bits per heavy atom. The monoisotopic (exact) mass is 243 g/mol. The summed E-state index contributed by atoms with van der Waals surface area (Å²) in [7, 11) is 0. The molecule has 0 amide bonds. The Kier molecular flexibility index (Phi) is 11.5. The van der Waals surface area contributed by atoms with Crippen molar-refractivity contribution in [1.82, 2.24) is 4.90 Å². The Labute approximate surface area is 106 Å². The summed E-state index contributed by atoms with van der Waals surface area (Å²) in [4.78, 5) is 12.7. The smallest absolute Gasteiger partial charge is 0.304 e. The van der Waals surface area contributed by atoms with Crippen molar-refractivity contribution in [2.24, 2.45) is 0 Å². The van der Waals surface area contributed by atoms with Gasteiger partial charge in [-0.15, -0.1) is 0 Å². The van der Waals surface area contributed by atoms with E-state index < -0.39 is 5.97 Å². The highest BCUT2D eigenvalue weighted by Crippen LogP contribution is 2.07. The molecule has 0 heterocycles. The van der Waals surface area contributed by atoms with Gasteiger partial charge in [-0.3, -0.25) is 4.79 Å². The zero-order valence-electron chi connectivity index (χ0n) is 11.6. The van der Waals surface area contributed by atoms with E-state index in [2.05, 4.69) is 18.7 Å². The highest BCUT2D eigenvalue weighted by Gasteiger charge is 2.04. The number of unbranched alkanes of at least 4 members (excludes halogenated alkanes) is 6. The van der Waals surface area contributed by atoms with E-state index in [1.807, 2.05) is 0 Å². The van der Waals surface area contributed by atoms with Crippen molar-refractivity contribution in [3.8, 4) is 0 Å². The molecule has 0 saturated carbocycles. The van der Waals surface area contributed by atoms with Crippen molar-refractivity contribution in [1.29, 1.82) is 0 Å². The van der Waals surface area contributed by atoms with Crippen LogP contribution in [-0.2, 0) is 4.79 Å². The molecule has 102 valence electrons. The summed E-state index contributed by atoms with van der Waals surface area (Å²) in [6, 6.07) is 0. The molecule has 0 aliphatic heterocycles. The number of carboxylic acids is 1. The van der Waals surface area contributed by atoms with E-state index >= 15 is 0 Å². The van der Waals surface area contributed by atoms with Gasteiger partial charge in [0, 0.05) is 6.54 Å². The molecule has 0 radical (unpaired) electrons. The molecule has 0 aromatic rings. The molecule has 1 N–H and O–H groups in total. The maximum atomic E-state index is 10.5. The number of carbonyl (C=O) groups is 1. The van der Waals surface area contributed by atoms with E-state index in [1.165, 1.54) is 44.9 Å². The summed E-state index contributed by atoms with van der Waals surface area (Å²) in [5, 5.41) is 8.62. The van der Waals surface area contributed by atoms with Crippen LogP contribution in [0.15, 0.2) is 0 Å². The van der Waals surface area contributed by atoms with Gasteiger partial charge < -0.3 is 10.0 Å². The lowest BCUT2D eigenvalue weighted by Crippen LogP contribution is -2.27. The van der Waals surface area contributed by atoms with Crippen LogP contribution >= 0.6 is 0 Å². The third-order valence-electron chi connectivity index (χ3n) is 3.17. The minimum Gasteiger partial charge on any atom is -0.481 e.